The second-order valence-electron chi connectivity index (χ2n) is 9.95. The first-order chi connectivity index (χ1) is 19.8. The second kappa shape index (κ2) is 8.89. The van der Waals surface area contributed by atoms with Gasteiger partial charge in [0.15, 0.2) is 5.58 Å². The zero-order valence-corrected chi connectivity index (χ0v) is 21.9. The van der Waals surface area contributed by atoms with E-state index >= 15 is 0 Å². The van der Waals surface area contributed by atoms with Crippen LogP contribution in [0, 0.1) is 0 Å². The Morgan fingerprint density at radius 2 is 1.38 bits per heavy atom. The summed E-state index contributed by atoms with van der Waals surface area (Å²) in [5.74, 6) is 1.67. The molecule has 0 fully saturated rings. The predicted octanol–water partition coefficient (Wildman–Crippen LogP) is 8.76. The highest BCUT2D eigenvalue weighted by Crippen LogP contribution is 2.38. The van der Waals surface area contributed by atoms with Crippen LogP contribution in [-0.2, 0) is 6.42 Å². The minimum atomic E-state index is 0.620. The second-order valence-corrected chi connectivity index (χ2v) is 9.95. The predicted molar refractivity (Wildman–Crippen MR) is 162 cm³/mol. The Hall–Kier alpha value is -5.29. The van der Waals surface area contributed by atoms with Gasteiger partial charge in [0.25, 0.3) is 0 Å². The molecule has 190 valence electrons. The molecule has 0 aliphatic heterocycles. The lowest BCUT2D eigenvalue weighted by molar-refractivity contribution is 0.620. The Kier molecular flexibility index (Phi) is 5.04. The summed E-state index contributed by atoms with van der Waals surface area (Å²) >= 11 is 0. The monoisotopic (exact) mass is 516 g/mol. The Balaban J connectivity index is 1.34. The van der Waals surface area contributed by atoms with Gasteiger partial charge in [-0.1, -0.05) is 67.6 Å². The van der Waals surface area contributed by atoms with E-state index in [1.54, 1.807) is 0 Å². The van der Waals surface area contributed by atoms with Crippen LogP contribution in [0.15, 0.2) is 120 Å². The summed E-state index contributed by atoms with van der Waals surface area (Å²) in [6, 6.07) is 39.3. The number of hydrogen-bond donors (Lipinski definition) is 0. The summed E-state index contributed by atoms with van der Waals surface area (Å²) in [6.07, 6.45) is 0.853. The third-order valence-electron chi connectivity index (χ3n) is 7.59. The summed E-state index contributed by atoms with van der Waals surface area (Å²) in [4.78, 5) is 15.0. The lowest BCUT2D eigenvalue weighted by atomic mass is 9.99. The number of fused-ring (bicyclic) bond motifs is 6. The van der Waals surface area contributed by atoms with Crippen molar-refractivity contribution in [2.24, 2.45) is 0 Å². The minimum absolute atomic E-state index is 0.620. The Bertz CT molecular complexity index is 2190. The van der Waals surface area contributed by atoms with Gasteiger partial charge in [-0.15, -0.1) is 0 Å². The smallest absolute Gasteiger partial charge is 0.227 e. The highest BCUT2D eigenvalue weighted by Gasteiger charge is 2.18. The molecule has 3 aromatic heterocycles. The zero-order valence-electron chi connectivity index (χ0n) is 21.9. The molecule has 0 saturated carbocycles. The van der Waals surface area contributed by atoms with Gasteiger partial charge in [0.05, 0.1) is 22.2 Å². The third-order valence-corrected chi connectivity index (χ3v) is 7.59. The van der Waals surface area contributed by atoms with Crippen molar-refractivity contribution in [3.05, 3.63) is 121 Å². The average Bonchev–Trinajstić information content (AvgIpc) is 3.63. The largest absolute Gasteiger partial charge is 0.436 e. The van der Waals surface area contributed by atoms with Gasteiger partial charge in [0, 0.05) is 39.4 Å². The van der Waals surface area contributed by atoms with Gasteiger partial charge in [0.2, 0.25) is 5.89 Å². The molecule has 0 aliphatic carbocycles. The number of pyridine rings is 1. The van der Waals surface area contributed by atoms with Gasteiger partial charge in [0.1, 0.15) is 11.3 Å². The molecule has 3 heterocycles. The zero-order chi connectivity index (χ0) is 26.6. The SMILES string of the molecule is CCc1nc2ccccc2n1-c1ccc(-c2nc3ccccc3c3c2ccc2oc(-c4ccccc4)nc23)cc1. The van der Waals surface area contributed by atoms with Crippen molar-refractivity contribution in [1.82, 2.24) is 19.5 Å². The van der Waals surface area contributed by atoms with Gasteiger partial charge in [-0.2, -0.15) is 0 Å². The molecule has 0 N–H and O–H groups in total. The molecule has 0 saturated heterocycles. The van der Waals surface area contributed by atoms with Crippen molar-refractivity contribution >= 4 is 43.8 Å². The van der Waals surface area contributed by atoms with Crippen LogP contribution >= 0.6 is 0 Å². The van der Waals surface area contributed by atoms with E-state index in [1.807, 2.05) is 48.5 Å². The summed E-state index contributed by atoms with van der Waals surface area (Å²) < 4.78 is 8.48. The van der Waals surface area contributed by atoms with E-state index in [0.717, 1.165) is 78.6 Å². The molecule has 0 amide bonds. The van der Waals surface area contributed by atoms with E-state index in [1.165, 1.54) is 0 Å². The van der Waals surface area contributed by atoms with E-state index < -0.39 is 0 Å². The molecule has 5 nitrogen and oxygen atoms in total. The van der Waals surface area contributed by atoms with Gasteiger partial charge in [-0.05, 0) is 54.6 Å². The molecular formula is C35H24N4O. The maximum absolute atomic E-state index is 6.23. The van der Waals surface area contributed by atoms with Crippen LogP contribution in [0.1, 0.15) is 12.7 Å². The molecule has 5 heteroatoms. The van der Waals surface area contributed by atoms with Crippen LogP contribution in [0.2, 0.25) is 0 Å². The number of aryl methyl sites for hydroxylation is 1. The molecule has 0 atom stereocenters. The minimum Gasteiger partial charge on any atom is -0.436 e. The lowest BCUT2D eigenvalue weighted by Gasteiger charge is -2.12. The van der Waals surface area contributed by atoms with Crippen molar-refractivity contribution < 1.29 is 4.42 Å². The maximum atomic E-state index is 6.23. The standard InChI is InChI=1S/C35H24N4O/c1-2-31-36-28-14-8-9-15-29(28)39(31)24-18-16-22(17-19-24)33-26-20-21-30-34(32(26)25-12-6-7-13-27(25)37-33)38-35(40-30)23-10-4-3-5-11-23/h3-21H,2H2,1H3. The highest BCUT2D eigenvalue weighted by molar-refractivity contribution is 6.20. The van der Waals surface area contributed by atoms with E-state index in [-0.39, 0.29) is 0 Å². The van der Waals surface area contributed by atoms with Gasteiger partial charge >= 0.3 is 0 Å². The van der Waals surface area contributed by atoms with Gasteiger partial charge in [-0.3, -0.25) is 4.57 Å². The normalized spacial score (nSPS) is 11.7. The number of oxazole rings is 1. The summed E-state index contributed by atoms with van der Waals surface area (Å²) in [5, 5.41) is 3.17. The van der Waals surface area contributed by atoms with Crippen molar-refractivity contribution in [2.45, 2.75) is 13.3 Å². The Morgan fingerprint density at radius 1 is 0.625 bits per heavy atom. The molecule has 0 bridgehead atoms. The number of aromatic nitrogens is 4. The molecular weight excluding hydrogens is 492 g/mol. The van der Waals surface area contributed by atoms with Gasteiger partial charge in [-0.25, -0.2) is 15.0 Å². The van der Waals surface area contributed by atoms with E-state index in [2.05, 4.69) is 78.2 Å². The third kappa shape index (κ3) is 3.45. The molecule has 8 rings (SSSR count). The van der Waals surface area contributed by atoms with Crippen LogP contribution < -0.4 is 0 Å². The summed E-state index contributed by atoms with van der Waals surface area (Å²) in [7, 11) is 0. The fraction of sp³-hybridized carbons (Fsp3) is 0.0571. The first-order valence-electron chi connectivity index (χ1n) is 13.5. The molecule has 0 spiro atoms. The number of benzene rings is 5. The summed E-state index contributed by atoms with van der Waals surface area (Å²) in [5.41, 5.74) is 8.70. The van der Waals surface area contributed by atoms with Crippen molar-refractivity contribution in [2.75, 3.05) is 0 Å². The van der Waals surface area contributed by atoms with Crippen molar-refractivity contribution in [1.29, 1.82) is 0 Å². The van der Waals surface area contributed by atoms with Crippen LogP contribution in [0.4, 0.5) is 0 Å². The van der Waals surface area contributed by atoms with Gasteiger partial charge < -0.3 is 4.42 Å². The first kappa shape index (κ1) is 22.7. The Morgan fingerprint density at radius 3 is 2.20 bits per heavy atom. The average molecular weight is 517 g/mol. The highest BCUT2D eigenvalue weighted by atomic mass is 16.3. The van der Waals surface area contributed by atoms with Crippen LogP contribution in [0.5, 0.6) is 0 Å². The van der Waals surface area contributed by atoms with Crippen molar-refractivity contribution in [3.8, 4) is 28.4 Å². The Labute approximate surface area is 230 Å². The van der Waals surface area contributed by atoms with E-state index in [4.69, 9.17) is 19.4 Å². The molecule has 5 aromatic carbocycles. The molecule has 0 aliphatic rings. The number of para-hydroxylation sites is 3. The molecule has 0 unspecified atom stereocenters. The van der Waals surface area contributed by atoms with Crippen molar-refractivity contribution in [3.63, 3.8) is 0 Å². The van der Waals surface area contributed by atoms with E-state index in [9.17, 15) is 0 Å². The number of rotatable bonds is 4. The van der Waals surface area contributed by atoms with Crippen LogP contribution in [0.3, 0.4) is 0 Å². The summed E-state index contributed by atoms with van der Waals surface area (Å²) in [6.45, 7) is 2.14. The number of imidazole rings is 1. The van der Waals surface area contributed by atoms with Crippen LogP contribution in [0.25, 0.3) is 72.2 Å². The molecule has 40 heavy (non-hydrogen) atoms. The van der Waals surface area contributed by atoms with E-state index in [0.29, 0.717) is 5.89 Å². The lowest BCUT2D eigenvalue weighted by Crippen LogP contribution is -2.00. The quantitative estimate of drug-likeness (QED) is 0.219. The topological polar surface area (TPSA) is 56.7 Å². The fourth-order valence-corrected chi connectivity index (χ4v) is 5.72. The first-order valence-corrected chi connectivity index (χ1v) is 13.5. The fourth-order valence-electron chi connectivity index (χ4n) is 5.72. The number of nitrogens with zero attached hydrogens (tertiary/aromatic N) is 4. The van der Waals surface area contributed by atoms with Crippen LogP contribution in [-0.4, -0.2) is 19.5 Å². The molecule has 8 aromatic rings. The molecule has 0 radical (unpaired) electrons. The number of hydrogen-bond acceptors (Lipinski definition) is 4. The maximum Gasteiger partial charge on any atom is 0.227 e.